The smallest absolute Gasteiger partial charge is 0.256 e. The van der Waals surface area contributed by atoms with E-state index in [1.165, 1.54) is 5.56 Å². The van der Waals surface area contributed by atoms with E-state index in [2.05, 4.69) is 47.6 Å². The number of hydrogen-bond donors (Lipinski definition) is 1. The van der Waals surface area contributed by atoms with E-state index in [-0.39, 0.29) is 0 Å². The third-order valence-electron chi connectivity index (χ3n) is 4.47. The van der Waals surface area contributed by atoms with Crippen molar-refractivity contribution in [2.24, 2.45) is 5.92 Å². The van der Waals surface area contributed by atoms with Crippen molar-refractivity contribution in [3.8, 4) is 11.6 Å². The summed E-state index contributed by atoms with van der Waals surface area (Å²) in [6, 6.07) is 14.6. The van der Waals surface area contributed by atoms with Gasteiger partial charge in [0.1, 0.15) is 0 Å². The number of ether oxygens (including phenoxy) is 2. The van der Waals surface area contributed by atoms with Crippen LogP contribution >= 0.6 is 0 Å². The lowest BCUT2D eigenvalue weighted by Gasteiger charge is -2.32. The second kappa shape index (κ2) is 8.69. The van der Waals surface area contributed by atoms with Gasteiger partial charge in [-0.1, -0.05) is 37.3 Å². The van der Waals surface area contributed by atoms with Crippen LogP contribution < -0.4 is 14.8 Å². The van der Waals surface area contributed by atoms with E-state index in [1.54, 1.807) is 6.20 Å². The van der Waals surface area contributed by atoms with Gasteiger partial charge in [-0.15, -0.1) is 0 Å². The summed E-state index contributed by atoms with van der Waals surface area (Å²) in [5.41, 5.74) is 1.40. The van der Waals surface area contributed by atoms with Gasteiger partial charge in [-0.25, -0.2) is 4.98 Å². The molecule has 1 fully saturated rings. The standard InChI is InChI=1S/C20H26N2O2/c1-2-13-23-20-19(9-6-11-22-20)24-15-17-14-21-12-10-18(17)16-7-4-3-5-8-16/h3-9,11,17-18,21H,2,10,12-15H2,1H3. The predicted molar refractivity (Wildman–Crippen MR) is 95.7 cm³/mol. The van der Waals surface area contributed by atoms with Crippen molar-refractivity contribution in [3.63, 3.8) is 0 Å². The Morgan fingerprint density at radius 3 is 2.83 bits per heavy atom. The Morgan fingerprint density at radius 1 is 1.12 bits per heavy atom. The monoisotopic (exact) mass is 326 g/mol. The molecule has 1 aliphatic heterocycles. The van der Waals surface area contributed by atoms with Crippen LogP contribution in [0.1, 0.15) is 31.2 Å². The first-order valence-electron chi connectivity index (χ1n) is 8.84. The van der Waals surface area contributed by atoms with Crippen LogP contribution in [0.4, 0.5) is 0 Å². The van der Waals surface area contributed by atoms with Gasteiger partial charge in [-0.2, -0.15) is 0 Å². The molecule has 4 nitrogen and oxygen atoms in total. The Morgan fingerprint density at radius 2 is 2.00 bits per heavy atom. The summed E-state index contributed by atoms with van der Waals surface area (Å²) in [5, 5.41) is 3.49. The molecule has 0 aliphatic carbocycles. The van der Waals surface area contributed by atoms with Crippen LogP contribution in [0.3, 0.4) is 0 Å². The van der Waals surface area contributed by atoms with E-state index in [0.29, 0.717) is 30.9 Å². The minimum Gasteiger partial charge on any atom is -0.488 e. The number of nitrogens with zero attached hydrogens (tertiary/aromatic N) is 1. The summed E-state index contributed by atoms with van der Waals surface area (Å²) in [6.07, 6.45) is 3.84. The first-order valence-corrected chi connectivity index (χ1v) is 8.84. The van der Waals surface area contributed by atoms with Crippen LogP contribution in [-0.4, -0.2) is 31.3 Å². The zero-order valence-electron chi connectivity index (χ0n) is 14.3. The van der Waals surface area contributed by atoms with Gasteiger partial charge in [0.25, 0.3) is 5.88 Å². The minimum atomic E-state index is 0.445. The van der Waals surface area contributed by atoms with Crippen molar-refractivity contribution < 1.29 is 9.47 Å². The molecule has 0 saturated carbocycles. The molecule has 1 N–H and O–H groups in total. The Kier molecular flexibility index (Phi) is 6.07. The summed E-state index contributed by atoms with van der Waals surface area (Å²) in [7, 11) is 0. The maximum atomic E-state index is 6.10. The van der Waals surface area contributed by atoms with Crippen molar-refractivity contribution in [1.82, 2.24) is 10.3 Å². The average molecular weight is 326 g/mol. The first kappa shape index (κ1) is 16.8. The Bertz CT molecular complexity index is 618. The number of nitrogens with one attached hydrogen (secondary N) is 1. The molecule has 2 unspecified atom stereocenters. The summed E-state index contributed by atoms with van der Waals surface area (Å²) >= 11 is 0. The number of hydrogen-bond acceptors (Lipinski definition) is 4. The zero-order valence-corrected chi connectivity index (χ0v) is 14.3. The van der Waals surface area contributed by atoms with Crippen LogP contribution in [0.2, 0.25) is 0 Å². The number of rotatable bonds is 7. The fraction of sp³-hybridized carbons (Fsp3) is 0.450. The maximum absolute atomic E-state index is 6.10. The highest BCUT2D eigenvalue weighted by atomic mass is 16.5. The molecule has 0 amide bonds. The molecule has 0 bridgehead atoms. The van der Waals surface area contributed by atoms with E-state index < -0.39 is 0 Å². The van der Waals surface area contributed by atoms with Gasteiger partial charge in [0.15, 0.2) is 5.75 Å². The van der Waals surface area contributed by atoms with Crippen molar-refractivity contribution in [2.45, 2.75) is 25.7 Å². The van der Waals surface area contributed by atoms with E-state index in [9.17, 15) is 0 Å². The van der Waals surface area contributed by atoms with Crippen LogP contribution in [0.25, 0.3) is 0 Å². The summed E-state index contributed by atoms with van der Waals surface area (Å²) in [5.74, 6) is 2.31. The van der Waals surface area contributed by atoms with Crippen molar-refractivity contribution in [2.75, 3.05) is 26.3 Å². The molecule has 0 spiro atoms. The molecule has 2 heterocycles. The molecule has 3 rings (SSSR count). The van der Waals surface area contributed by atoms with Gasteiger partial charge in [0, 0.05) is 18.7 Å². The highest BCUT2D eigenvalue weighted by Gasteiger charge is 2.27. The predicted octanol–water partition coefficient (Wildman–Crippen LogP) is 3.64. The fourth-order valence-electron chi connectivity index (χ4n) is 3.23. The second-order valence-corrected chi connectivity index (χ2v) is 6.24. The fourth-order valence-corrected chi connectivity index (χ4v) is 3.23. The highest BCUT2D eigenvalue weighted by Crippen LogP contribution is 2.32. The average Bonchev–Trinajstić information content (AvgIpc) is 2.66. The summed E-state index contributed by atoms with van der Waals surface area (Å²) < 4.78 is 11.8. The van der Waals surface area contributed by atoms with E-state index >= 15 is 0 Å². The lowest BCUT2D eigenvalue weighted by Crippen LogP contribution is -2.38. The van der Waals surface area contributed by atoms with Crippen LogP contribution in [0.15, 0.2) is 48.7 Å². The number of benzene rings is 1. The third-order valence-corrected chi connectivity index (χ3v) is 4.47. The maximum Gasteiger partial charge on any atom is 0.256 e. The van der Waals surface area contributed by atoms with Crippen LogP contribution in [0, 0.1) is 5.92 Å². The molecule has 24 heavy (non-hydrogen) atoms. The van der Waals surface area contributed by atoms with Crippen molar-refractivity contribution >= 4 is 0 Å². The van der Waals surface area contributed by atoms with Gasteiger partial charge < -0.3 is 14.8 Å². The van der Waals surface area contributed by atoms with Crippen molar-refractivity contribution in [3.05, 3.63) is 54.2 Å². The molecule has 0 radical (unpaired) electrons. The normalized spacial score (nSPS) is 20.5. The zero-order chi connectivity index (χ0) is 16.6. The molecular weight excluding hydrogens is 300 g/mol. The third kappa shape index (κ3) is 4.26. The molecule has 1 aliphatic rings. The number of pyridine rings is 1. The first-order chi connectivity index (χ1) is 11.9. The largest absolute Gasteiger partial charge is 0.488 e. The topological polar surface area (TPSA) is 43.4 Å². The summed E-state index contributed by atoms with van der Waals surface area (Å²) in [4.78, 5) is 4.29. The molecule has 1 saturated heterocycles. The van der Waals surface area contributed by atoms with Gasteiger partial charge in [-0.05, 0) is 43.0 Å². The Labute approximate surface area is 144 Å². The molecule has 2 aromatic rings. The Balaban J connectivity index is 1.66. The molecule has 2 atom stereocenters. The SMILES string of the molecule is CCCOc1ncccc1OCC1CNCCC1c1ccccc1. The lowest BCUT2D eigenvalue weighted by molar-refractivity contribution is 0.186. The van der Waals surface area contributed by atoms with E-state index in [4.69, 9.17) is 9.47 Å². The van der Waals surface area contributed by atoms with Gasteiger partial charge in [0.05, 0.1) is 13.2 Å². The molecule has 4 heteroatoms. The van der Waals surface area contributed by atoms with E-state index in [0.717, 1.165) is 31.7 Å². The molecule has 128 valence electrons. The van der Waals surface area contributed by atoms with Crippen molar-refractivity contribution in [1.29, 1.82) is 0 Å². The second-order valence-electron chi connectivity index (χ2n) is 6.24. The minimum absolute atomic E-state index is 0.445. The highest BCUT2D eigenvalue weighted by molar-refractivity contribution is 5.32. The molecule has 1 aromatic carbocycles. The van der Waals surface area contributed by atoms with Crippen LogP contribution in [0.5, 0.6) is 11.6 Å². The van der Waals surface area contributed by atoms with E-state index in [1.807, 2.05) is 12.1 Å². The summed E-state index contributed by atoms with van der Waals surface area (Å²) in [6.45, 7) is 5.45. The van der Waals surface area contributed by atoms with Gasteiger partial charge >= 0.3 is 0 Å². The lowest BCUT2D eigenvalue weighted by atomic mass is 9.81. The van der Waals surface area contributed by atoms with Gasteiger partial charge in [-0.3, -0.25) is 0 Å². The van der Waals surface area contributed by atoms with Crippen LogP contribution in [-0.2, 0) is 0 Å². The molecular formula is C20H26N2O2. The number of piperidine rings is 1. The number of aromatic nitrogens is 1. The Hall–Kier alpha value is -2.07. The van der Waals surface area contributed by atoms with Gasteiger partial charge in [0.2, 0.25) is 0 Å². The quantitative estimate of drug-likeness (QED) is 0.843. The molecule has 1 aromatic heterocycles.